The highest BCUT2D eigenvalue weighted by atomic mass is 16.5. The summed E-state index contributed by atoms with van der Waals surface area (Å²) in [5.41, 5.74) is 7.11. The van der Waals surface area contributed by atoms with Crippen molar-refractivity contribution in [1.82, 2.24) is 4.90 Å². The van der Waals surface area contributed by atoms with Gasteiger partial charge in [0.2, 0.25) is 0 Å². The lowest BCUT2D eigenvalue weighted by Gasteiger charge is -2.29. The van der Waals surface area contributed by atoms with Crippen molar-refractivity contribution in [2.75, 3.05) is 26.7 Å². The van der Waals surface area contributed by atoms with Crippen molar-refractivity contribution in [2.45, 2.75) is 19.9 Å². The SMILES string of the molecule is CCN(CC)C(CN)c1ccc(OC)cc1. The Hall–Kier alpha value is -1.06. The summed E-state index contributed by atoms with van der Waals surface area (Å²) in [7, 11) is 1.68. The first-order chi connectivity index (χ1) is 7.76. The van der Waals surface area contributed by atoms with Gasteiger partial charge in [0.1, 0.15) is 5.75 Å². The number of likely N-dealkylation sites (N-methyl/N-ethyl adjacent to an activating group) is 1. The average Bonchev–Trinajstić information content (AvgIpc) is 2.36. The van der Waals surface area contributed by atoms with E-state index in [0.29, 0.717) is 12.6 Å². The molecule has 1 rings (SSSR count). The van der Waals surface area contributed by atoms with Gasteiger partial charge < -0.3 is 10.5 Å². The molecule has 1 aromatic carbocycles. The van der Waals surface area contributed by atoms with E-state index >= 15 is 0 Å². The zero-order valence-electron chi connectivity index (χ0n) is 10.4. The summed E-state index contributed by atoms with van der Waals surface area (Å²) in [4.78, 5) is 2.36. The molecule has 0 aliphatic rings. The second kappa shape index (κ2) is 6.51. The molecule has 0 radical (unpaired) electrons. The van der Waals surface area contributed by atoms with Crippen LogP contribution in [0.4, 0.5) is 0 Å². The first-order valence-electron chi connectivity index (χ1n) is 5.84. The second-order valence-corrected chi connectivity index (χ2v) is 3.75. The fourth-order valence-corrected chi connectivity index (χ4v) is 1.99. The van der Waals surface area contributed by atoms with Gasteiger partial charge in [-0.25, -0.2) is 0 Å². The normalized spacial score (nSPS) is 12.8. The highest BCUT2D eigenvalue weighted by molar-refractivity contribution is 5.29. The van der Waals surface area contributed by atoms with Gasteiger partial charge in [-0.15, -0.1) is 0 Å². The van der Waals surface area contributed by atoms with Gasteiger partial charge in [-0.1, -0.05) is 26.0 Å². The van der Waals surface area contributed by atoms with Crippen LogP contribution >= 0.6 is 0 Å². The van der Waals surface area contributed by atoms with E-state index in [4.69, 9.17) is 10.5 Å². The zero-order valence-corrected chi connectivity index (χ0v) is 10.4. The lowest BCUT2D eigenvalue weighted by Crippen LogP contribution is -2.33. The molecule has 1 atom stereocenters. The van der Waals surface area contributed by atoms with Crippen LogP contribution in [0.5, 0.6) is 5.75 Å². The second-order valence-electron chi connectivity index (χ2n) is 3.75. The molecule has 90 valence electrons. The largest absolute Gasteiger partial charge is 0.497 e. The minimum Gasteiger partial charge on any atom is -0.497 e. The van der Waals surface area contributed by atoms with E-state index in [1.54, 1.807) is 7.11 Å². The summed E-state index contributed by atoms with van der Waals surface area (Å²) in [5.74, 6) is 0.888. The van der Waals surface area contributed by atoms with Crippen LogP contribution in [0.2, 0.25) is 0 Å². The Morgan fingerprint density at radius 1 is 1.19 bits per heavy atom. The maximum atomic E-state index is 5.85. The van der Waals surface area contributed by atoms with Gasteiger partial charge in [-0.3, -0.25) is 4.90 Å². The van der Waals surface area contributed by atoms with Crippen LogP contribution in [-0.2, 0) is 0 Å². The van der Waals surface area contributed by atoms with Crippen LogP contribution in [0.3, 0.4) is 0 Å². The smallest absolute Gasteiger partial charge is 0.118 e. The Bertz CT molecular complexity index is 293. The molecule has 0 amide bonds. The predicted molar refractivity (Wildman–Crippen MR) is 67.7 cm³/mol. The van der Waals surface area contributed by atoms with Crippen molar-refractivity contribution in [3.63, 3.8) is 0 Å². The Kier molecular flexibility index (Phi) is 5.29. The molecule has 3 nitrogen and oxygen atoms in total. The van der Waals surface area contributed by atoms with Gasteiger partial charge in [0.15, 0.2) is 0 Å². The summed E-state index contributed by atoms with van der Waals surface area (Å²) in [6.45, 7) is 7.01. The number of benzene rings is 1. The number of hydrogen-bond acceptors (Lipinski definition) is 3. The van der Waals surface area contributed by atoms with E-state index in [0.717, 1.165) is 18.8 Å². The molecule has 1 aromatic rings. The van der Waals surface area contributed by atoms with Crippen molar-refractivity contribution in [3.8, 4) is 5.75 Å². The number of nitrogens with zero attached hydrogens (tertiary/aromatic N) is 1. The minimum absolute atomic E-state index is 0.306. The van der Waals surface area contributed by atoms with Crippen LogP contribution in [0.25, 0.3) is 0 Å². The molecule has 16 heavy (non-hydrogen) atoms. The molecule has 0 bridgehead atoms. The third-order valence-corrected chi connectivity index (χ3v) is 2.98. The van der Waals surface area contributed by atoms with Crippen molar-refractivity contribution in [2.24, 2.45) is 5.73 Å². The Morgan fingerprint density at radius 2 is 1.75 bits per heavy atom. The molecule has 0 fully saturated rings. The van der Waals surface area contributed by atoms with Crippen molar-refractivity contribution in [1.29, 1.82) is 0 Å². The predicted octanol–water partition coefficient (Wildman–Crippen LogP) is 2.04. The summed E-state index contributed by atoms with van der Waals surface area (Å²) < 4.78 is 5.15. The molecule has 0 heterocycles. The molecule has 1 unspecified atom stereocenters. The third kappa shape index (κ3) is 2.97. The lowest BCUT2D eigenvalue weighted by molar-refractivity contribution is 0.224. The molecule has 0 aliphatic carbocycles. The third-order valence-electron chi connectivity index (χ3n) is 2.98. The summed E-state index contributed by atoms with van der Waals surface area (Å²) in [6, 6.07) is 8.47. The maximum absolute atomic E-state index is 5.85. The maximum Gasteiger partial charge on any atom is 0.118 e. The number of methoxy groups -OCH3 is 1. The van der Waals surface area contributed by atoms with Gasteiger partial charge in [-0.05, 0) is 30.8 Å². The number of rotatable bonds is 6. The Balaban J connectivity index is 2.85. The highest BCUT2D eigenvalue weighted by Crippen LogP contribution is 2.21. The molecule has 0 saturated carbocycles. The Morgan fingerprint density at radius 3 is 2.12 bits per heavy atom. The Labute approximate surface area is 98.2 Å². The van der Waals surface area contributed by atoms with E-state index in [1.165, 1.54) is 5.56 Å². The molecular formula is C13H22N2O. The van der Waals surface area contributed by atoms with Crippen LogP contribution in [0.1, 0.15) is 25.5 Å². The number of ether oxygens (including phenoxy) is 1. The molecule has 0 aromatic heterocycles. The highest BCUT2D eigenvalue weighted by Gasteiger charge is 2.15. The number of nitrogens with two attached hydrogens (primary N) is 1. The fourth-order valence-electron chi connectivity index (χ4n) is 1.99. The minimum atomic E-state index is 0.306. The van der Waals surface area contributed by atoms with Crippen molar-refractivity contribution < 1.29 is 4.74 Å². The topological polar surface area (TPSA) is 38.5 Å². The van der Waals surface area contributed by atoms with Gasteiger partial charge in [-0.2, -0.15) is 0 Å². The molecular weight excluding hydrogens is 200 g/mol. The fraction of sp³-hybridized carbons (Fsp3) is 0.538. The van der Waals surface area contributed by atoms with Crippen molar-refractivity contribution in [3.05, 3.63) is 29.8 Å². The first kappa shape index (κ1) is 13.0. The molecule has 0 spiro atoms. The summed E-state index contributed by atoms with van der Waals surface area (Å²) in [6.07, 6.45) is 0. The zero-order chi connectivity index (χ0) is 12.0. The van der Waals surface area contributed by atoms with E-state index < -0.39 is 0 Å². The van der Waals surface area contributed by atoms with Gasteiger partial charge in [0.05, 0.1) is 7.11 Å². The number of hydrogen-bond donors (Lipinski definition) is 1. The average molecular weight is 222 g/mol. The van der Waals surface area contributed by atoms with Crippen LogP contribution in [-0.4, -0.2) is 31.6 Å². The monoisotopic (exact) mass is 222 g/mol. The van der Waals surface area contributed by atoms with E-state index in [2.05, 4.69) is 30.9 Å². The summed E-state index contributed by atoms with van der Waals surface area (Å²) in [5, 5.41) is 0. The van der Waals surface area contributed by atoms with Crippen LogP contribution in [0.15, 0.2) is 24.3 Å². The van der Waals surface area contributed by atoms with E-state index in [1.807, 2.05) is 12.1 Å². The molecule has 3 heteroatoms. The quantitative estimate of drug-likeness (QED) is 0.800. The first-order valence-corrected chi connectivity index (χ1v) is 5.84. The summed E-state index contributed by atoms with van der Waals surface area (Å²) >= 11 is 0. The van der Waals surface area contributed by atoms with Crippen LogP contribution < -0.4 is 10.5 Å². The van der Waals surface area contributed by atoms with Gasteiger partial charge >= 0.3 is 0 Å². The van der Waals surface area contributed by atoms with E-state index in [-0.39, 0.29) is 0 Å². The van der Waals surface area contributed by atoms with E-state index in [9.17, 15) is 0 Å². The van der Waals surface area contributed by atoms with Gasteiger partial charge in [0.25, 0.3) is 0 Å². The standard InChI is InChI=1S/C13H22N2O/c1-4-15(5-2)13(10-14)11-6-8-12(16-3)9-7-11/h6-9,13H,4-5,10,14H2,1-3H3. The molecule has 0 saturated heterocycles. The van der Waals surface area contributed by atoms with Gasteiger partial charge in [0, 0.05) is 12.6 Å². The van der Waals surface area contributed by atoms with Crippen molar-refractivity contribution >= 4 is 0 Å². The molecule has 2 N–H and O–H groups in total. The van der Waals surface area contributed by atoms with Crippen LogP contribution in [0, 0.1) is 0 Å². The molecule has 0 aliphatic heterocycles. The lowest BCUT2D eigenvalue weighted by atomic mass is 10.1.